The number of nitrogens with one attached hydrogen (secondary N) is 1. The molecule has 0 fully saturated rings. The summed E-state index contributed by atoms with van der Waals surface area (Å²) in [6.07, 6.45) is 1.64. The summed E-state index contributed by atoms with van der Waals surface area (Å²) >= 11 is 13.4. The largest absolute Gasteiger partial charge is 0.253 e. The van der Waals surface area contributed by atoms with E-state index in [1.165, 1.54) is 11.3 Å². The first-order chi connectivity index (χ1) is 10.7. The Kier molecular flexibility index (Phi) is 4.73. The van der Waals surface area contributed by atoms with Crippen molar-refractivity contribution in [2.24, 2.45) is 5.10 Å². The van der Waals surface area contributed by atoms with E-state index in [2.05, 4.69) is 15.5 Å². The second kappa shape index (κ2) is 6.92. The summed E-state index contributed by atoms with van der Waals surface area (Å²) in [5, 5.41) is 8.02. The molecule has 0 bridgehead atoms. The Morgan fingerprint density at radius 1 is 1.09 bits per heavy atom. The molecule has 22 heavy (non-hydrogen) atoms. The summed E-state index contributed by atoms with van der Waals surface area (Å²) in [6, 6.07) is 15.3. The molecular weight excluding hydrogens is 337 g/mol. The highest BCUT2D eigenvalue weighted by molar-refractivity contribution is 7.14. The molecule has 0 saturated carbocycles. The zero-order chi connectivity index (χ0) is 15.4. The van der Waals surface area contributed by atoms with Crippen molar-refractivity contribution in [1.29, 1.82) is 0 Å². The molecule has 3 nitrogen and oxygen atoms in total. The Morgan fingerprint density at radius 2 is 1.91 bits per heavy atom. The monoisotopic (exact) mass is 347 g/mol. The third-order valence-electron chi connectivity index (χ3n) is 2.90. The van der Waals surface area contributed by atoms with Crippen LogP contribution in [0.15, 0.2) is 59.0 Å². The molecule has 0 unspecified atom stereocenters. The van der Waals surface area contributed by atoms with E-state index in [0.29, 0.717) is 10.0 Å². The van der Waals surface area contributed by atoms with Crippen LogP contribution in [0.3, 0.4) is 0 Å². The zero-order valence-corrected chi connectivity index (χ0v) is 13.7. The van der Waals surface area contributed by atoms with Gasteiger partial charge < -0.3 is 0 Å². The van der Waals surface area contributed by atoms with Gasteiger partial charge in [-0.05, 0) is 12.1 Å². The van der Waals surface area contributed by atoms with Gasteiger partial charge in [0.05, 0.1) is 16.9 Å². The topological polar surface area (TPSA) is 37.3 Å². The van der Waals surface area contributed by atoms with Crippen LogP contribution in [0.1, 0.15) is 5.56 Å². The molecule has 0 saturated heterocycles. The number of thiazole rings is 1. The minimum Gasteiger partial charge on any atom is -0.253 e. The summed E-state index contributed by atoms with van der Waals surface area (Å²) in [5.41, 5.74) is 5.70. The molecule has 0 radical (unpaired) electrons. The van der Waals surface area contributed by atoms with Gasteiger partial charge in [-0.15, -0.1) is 11.3 Å². The van der Waals surface area contributed by atoms with Crippen LogP contribution in [0.5, 0.6) is 0 Å². The van der Waals surface area contributed by atoms with Gasteiger partial charge in [-0.1, -0.05) is 59.6 Å². The molecule has 1 aromatic heterocycles. The minimum absolute atomic E-state index is 0.558. The van der Waals surface area contributed by atoms with Crippen LogP contribution in [-0.4, -0.2) is 11.2 Å². The van der Waals surface area contributed by atoms with Crippen LogP contribution in [0, 0.1) is 0 Å². The Labute approximate surface area is 142 Å². The standard InChI is InChI=1S/C16H11Cl2N3S/c17-13-7-6-12(14(18)8-13)9-19-21-16-20-15(10-22-16)11-4-2-1-3-5-11/h1-10H,(H,20,21)/b19-9-. The maximum atomic E-state index is 6.08. The fraction of sp³-hybridized carbons (Fsp3) is 0. The number of halogens is 2. The van der Waals surface area contributed by atoms with Gasteiger partial charge in [0.1, 0.15) is 0 Å². The van der Waals surface area contributed by atoms with Crippen molar-refractivity contribution in [3.63, 3.8) is 0 Å². The predicted molar refractivity (Wildman–Crippen MR) is 95.2 cm³/mol. The van der Waals surface area contributed by atoms with Crippen molar-refractivity contribution in [2.75, 3.05) is 5.43 Å². The van der Waals surface area contributed by atoms with Crippen LogP contribution in [0.4, 0.5) is 5.13 Å². The van der Waals surface area contributed by atoms with Crippen molar-refractivity contribution in [3.8, 4) is 11.3 Å². The van der Waals surface area contributed by atoms with Crippen LogP contribution >= 0.6 is 34.5 Å². The van der Waals surface area contributed by atoms with E-state index in [9.17, 15) is 0 Å². The van der Waals surface area contributed by atoms with Gasteiger partial charge in [0.25, 0.3) is 0 Å². The third-order valence-corrected chi connectivity index (χ3v) is 4.21. The number of hydrogen-bond donors (Lipinski definition) is 1. The maximum Gasteiger partial charge on any atom is 0.203 e. The van der Waals surface area contributed by atoms with Gasteiger partial charge in [0.15, 0.2) is 0 Å². The lowest BCUT2D eigenvalue weighted by Gasteiger charge is -1.98. The molecule has 0 spiro atoms. The van der Waals surface area contributed by atoms with Gasteiger partial charge >= 0.3 is 0 Å². The number of hydrogen-bond acceptors (Lipinski definition) is 4. The van der Waals surface area contributed by atoms with Crippen LogP contribution < -0.4 is 5.43 Å². The Hall–Kier alpha value is -1.88. The fourth-order valence-corrected chi connectivity index (χ4v) is 2.96. The fourth-order valence-electron chi connectivity index (χ4n) is 1.83. The summed E-state index contributed by atoms with van der Waals surface area (Å²) in [5.74, 6) is 0. The highest BCUT2D eigenvalue weighted by Gasteiger charge is 2.03. The number of aromatic nitrogens is 1. The van der Waals surface area contributed by atoms with Crippen LogP contribution in [-0.2, 0) is 0 Å². The van der Waals surface area contributed by atoms with Gasteiger partial charge in [-0.2, -0.15) is 5.10 Å². The van der Waals surface area contributed by atoms with Crippen molar-refractivity contribution < 1.29 is 0 Å². The van der Waals surface area contributed by atoms with Crippen LogP contribution in [0.25, 0.3) is 11.3 Å². The van der Waals surface area contributed by atoms with E-state index < -0.39 is 0 Å². The molecule has 6 heteroatoms. The Morgan fingerprint density at radius 3 is 2.68 bits per heavy atom. The molecule has 1 N–H and O–H groups in total. The lowest BCUT2D eigenvalue weighted by molar-refractivity contribution is 1.29. The van der Waals surface area contributed by atoms with Gasteiger partial charge in [0, 0.05) is 21.5 Å². The first kappa shape index (κ1) is 15.0. The minimum atomic E-state index is 0.558. The molecule has 2 aromatic carbocycles. The first-order valence-corrected chi connectivity index (χ1v) is 8.11. The molecule has 3 rings (SSSR count). The molecule has 3 aromatic rings. The second-order valence-corrected chi connectivity index (χ2v) is 6.14. The summed E-state index contributed by atoms with van der Waals surface area (Å²) in [6.45, 7) is 0. The lowest BCUT2D eigenvalue weighted by Crippen LogP contribution is -1.91. The summed E-state index contributed by atoms with van der Waals surface area (Å²) in [4.78, 5) is 4.49. The number of rotatable bonds is 4. The molecule has 0 aliphatic rings. The molecule has 0 amide bonds. The molecule has 0 aliphatic heterocycles. The van der Waals surface area contributed by atoms with E-state index in [-0.39, 0.29) is 0 Å². The van der Waals surface area contributed by atoms with Crippen molar-refractivity contribution in [3.05, 3.63) is 69.5 Å². The number of anilines is 1. The van der Waals surface area contributed by atoms with Gasteiger partial charge in [-0.25, -0.2) is 4.98 Å². The summed E-state index contributed by atoms with van der Waals surface area (Å²) < 4.78 is 0. The quantitative estimate of drug-likeness (QED) is 0.495. The zero-order valence-electron chi connectivity index (χ0n) is 11.3. The van der Waals surface area contributed by atoms with Crippen molar-refractivity contribution >= 4 is 45.9 Å². The number of benzene rings is 2. The van der Waals surface area contributed by atoms with Gasteiger partial charge in [-0.3, -0.25) is 5.43 Å². The first-order valence-electron chi connectivity index (χ1n) is 6.47. The molecule has 1 heterocycles. The van der Waals surface area contributed by atoms with Crippen molar-refractivity contribution in [2.45, 2.75) is 0 Å². The van der Waals surface area contributed by atoms with Crippen molar-refractivity contribution in [1.82, 2.24) is 4.98 Å². The van der Waals surface area contributed by atoms with E-state index in [1.807, 2.05) is 41.8 Å². The SMILES string of the molecule is Clc1ccc(/C=N\Nc2nc(-c3ccccc3)cs2)c(Cl)c1. The van der Waals surface area contributed by atoms with Crippen LogP contribution in [0.2, 0.25) is 10.0 Å². The second-order valence-electron chi connectivity index (χ2n) is 4.44. The van der Waals surface area contributed by atoms with Gasteiger partial charge in [0.2, 0.25) is 5.13 Å². The molecule has 110 valence electrons. The van der Waals surface area contributed by atoms with E-state index in [1.54, 1.807) is 18.3 Å². The highest BCUT2D eigenvalue weighted by atomic mass is 35.5. The summed E-state index contributed by atoms with van der Waals surface area (Å²) in [7, 11) is 0. The highest BCUT2D eigenvalue weighted by Crippen LogP contribution is 2.24. The predicted octanol–water partition coefficient (Wildman–Crippen LogP) is 5.56. The Balaban J connectivity index is 1.69. The average Bonchev–Trinajstić information content (AvgIpc) is 2.99. The molecule has 0 atom stereocenters. The Bertz CT molecular complexity index is 800. The van der Waals surface area contributed by atoms with E-state index >= 15 is 0 Å². The number of nitrogens with zero attached hydrogens (tertiary/aromatic N) is 2. The average molecular weight is 348 g/mol. The van der Waals surface area contributed by atoms with E-state index in [4.69, 9.17) is 23.2 Å². The number of hydrazone groups is 1. The smallest absolute Gasteiger partial charge is 0.203 e. The molecule has 0 aliphatic carbocycles. The lowest BCUT2D eigenvalue weighted by atomic mass is 10.2. The van der Waals surface area contributed by atoms with E-state index in [0.717, 1.165) is 22.0 Å². The molecular formula is C16H11Cl2N3S. The normalized spacial score (nSPS) is 11.0. The maximum absolute atomic E-state index is 6.08. The third kappa shape index (κ3) is 3.65.